The minimum Gasteiger partial charge on any atom is -0.496 e. The van der Waals surface area contributed by atoms with E-state index in [2.05, 4.69) is 12.6 Å². The summed E-state index contributed by atoms with van der Waals surface area (Å²) in [6, 6.07) is 3.80. The van der Waals surface area contributed by atoms with Crippen molar-refractivity contribution in [1.29, 1.82) is 5.26 Å². The average molecular weight is 233 g/mol. The molecule has 0 saturated carbocycles. The Labute approximate surface area is 89.7 Å². The van der Waals surface area contributed by atoms with Crippen LogP contribution in [0.4, 0.5) is 13.2 Å². The second-order valence-electron chi connectivity index (χ2n) is 2.65. The van der Waals surface area contributed by atoms with Crippen LogP contribution in [0.2, 0.25) is 0 Å². The maximum Gasteiger partial charge on any atom is 0.418 e. The van der Waals surface area contributed by atoms with Crippen molar-refractivity contribution in [2.24, 2.45) is 0 Å². The predicted octanol–water partition coefficient (Wildman–Crippen LogP) is 2.87. The average Bonchev–Trinajstić information content (AvgIpc) is 2.15. The Balaban J connectivity index is 3.52. The van der Waals surface area contributed by atoms with Crippen LogP contribution in [-0.4, -0.2) is 7.11 Å². The van der Waals surface area contributed by atoms with Crippen LogP contribution in [0.1, 0.15) is 11.1 Å². The van der Waals surface area contributed by atoms with Crippen molar-refractivity contribution in [3.05, 3.63) is 23.3 Å². The summed E-state index contributed by atoms with van der Waals surface area (Å²) in [7, 11) is 1.24. The number of alkyl halides is 3. The highest BCUT2D eigenvalue weighted by molar-refractivity contribution is 7.80. The molecule has 0 aliphatic heterocycles. The number of methoxy groups -OCH3 is 1. The van der Waals surface area contributed by atoms with E-state index in [4.69, 9.17) is 10.00 Å². The fourth-order valence-corrected chi connectivity index (χ4v) is 1.53. The fraction of sp³-hybridized carbons (Fsp3) is 0.222. The van der Waals surface area contributed by atoms with Gasteiger partial charge in [0.1, 0.15) is 5.75 Å². The van der Waals surface area contributed by atoms with E-state index in [1.54, 1.807) is 0 Å². The van der Waals surface area contributed by atoms with Crippen LogP contribution in [-0.2, 0) is 6.18 Å². The van der Waals surface area contributed by atoms with Crippen molar-refractivity contribution in [2.75, 3.05) is 7.11 Å². The van der Waals surface area contributed by atoms with Gasteiger partial charge in [0, 0.05) is 0 Å². The van der Waals surface area contributed by atoms with Gasteiger partial charge in [0.2, 0.25) is 0 Å². The summed E-state index contributed by atoms with van der Waals surface area (Å²) in [5, 5.41) is 8.55. The van der Waals surface area contributed by atoms with Crippen LogP contribution in [0.15, 0.2) is 17.0 Å². The van der Waals surface area contributed by atoms with E-state index in [1.165, 1.54) is 19.2 Å². The first-order chi connectivity index (χ1) is 6.91. The number of thiol groups is 1. The van der Waals surface area contributed by atoms with Crippen molar-refractivity contribution < 1.29 is 17.9 Å². The number of benzene rings is 1. The summed E-state index contributed by atoms with van der Waals surface area (Å²) < 4.78 is 42.4. The molecule has 15 heavy (non-hydrogen) atoms. The smallest absolute Gasteiger partial charge is 0.418 e. The fourth-order valence-electron chi connectivity index (χ4n) is 1.12. The molecule has 0 bridgehead atoms. The second-order valence-corrected chi connectivity index (χ2v) is 3.10. The predicted molar refractivity (Wildman–Crippen MR) is 50.0 cm³/mol. The van der Waals surface area contributed by atoms with Crippen LogP contribution >= 0.6 is 12.6 Å². The largest absolute Gasteiger partial charge is 0.496 e. The maximum absolute atomic E-state index is 12.6. The molecule has 0 spiro atoms. The van der Waals surface area contributed by atoms with Crippen LogP contribution in [0.5, 0.6) is 5.75 Å². The van der Waals surface area contributed by atoms with E-state index in [1.807, 2.05) is 0 Å². The quantitative estimate of drug-likeness (QED) is 0.756. The van der Waals surface area contributed by atoms with E-state index >= 15 is 0 Å². The summed E-state index contributed by atoms with van der Waals surface area (Å²) in [5.41, 5.74) is -1.53. The van der Waals surface area contributed by atoms with Crippen LogP contribution in [0, 0.1) is 11.3 Å². The Bertz CT molecular complexity index is 423. The summed E-state index contributed by atoms with van der Waals surface area (Å²) in [6.45, 7) is 0. The molecule has 0 aromatic heterocycles. The molecular weight excluding hydrogens is 227 g/mol. The number of hydrogen-bond acceptors (Lipinski definition) is 3. The van der Waals surface area contributed by atoms with Gasteiger partial charge in [-0.25, -0.2) is 0 Å². The van der Waals surface area contributed by atoms with Gasteiger partial charge in [-0.15, -0.1) is 12.6 Å². The normalized spacial score (nSPS) is 10.9. The molecule has 6 heteroatoms. The number of halogens is 3. The lowest BCUT2D eigenvalue weighted by atomic mass is 10.1. The first-order valence-corrected chi connectivity index (χ1v) is 4.23. The number of nitriles is 1. The Kier molecular flexibility index (Phi) is 3.15. The third-order valence-electron chi connectivity index (χ3n) is 1.76. The lowest BCUT2D eigenvalue weighted by molar-refractivity contribution is -0.140. The number of hydrogen-bond donors (Lipinski definition) is 1. The zero-order chi connectivity index (χ0) is 11.6. The van der Waals surface area contributed by atoms with Gasteiger partial charge in [0.25, 0.3) is 0 Å². The van der Waals surface area contributed by atoms with Gasteiger partial charge in [0.05, 0.1) is 29.2 Å². The Hall–Kier alpha value is -1.35. The van der Waals surface area contributed by atoms with E-state index in [-0.39, 0.29) is 10.6 Å². The minimum absolute atomic E-state index is 0.00958. The van der Waals surface area contributed by atoms with E-state index in [0.29, 0.717) is 0 Å². The molecule has 0 aliphatic rings. The maximum atomic E-state index is 12.6. The van der Waals surface area contributed by atoms with Gasteiger partial charge in [-0.3, -0.25) is 0 Å². The lowest BCUT2D eigenvalue weighted by Crippen LogP contribution is -2.10. The minimum atomic E-state index is -4.61. The van der Waals surface area contributed by atoms with E-state index in [9.17, 15) is 13.2 Å². The molecule has 0 fully saturated rings. The summed E-state index contributed by atoms with van der Waals surface area (Å²) in [4.78, 5) is -0.371. The van der Waals surface area contributed by atoms with Gasteiger partial charge in [0.15, 0.2) is 0 Å². The molecule has 1 rings (SSSR count). The highest BCUT2D eigenvalue weighted by atomic mass is 32.1. The summed E-state index contributed by atoms with van der Waals surface area (Å²) >= 11 is 3.71. The van der Waals surface area contributed by atoms with Gasteiger partial charge in [-0.05, 0) is 12.1 Å². The summed E-state index contributed by atoms with van der Waals surface area (Å²) in [5.74, 6) is -0.00958. The molecule has 0 amide bonds. The van der Waals surface area contributed by atoms with Crippen LogP contribution in [0.25, 0.3) is 0 Å². The topological polar surface area (TPSA) is 33.0 Å². The van der Waals surface area contributed by atoms with Crippen molar-refractivity contribution in [3.8, 4) is 11.8 Å². The molecule has 1 aromatic rings. The molecule has 0 radical (unpaired) electrons. The SMILES string of the molecule is COc1ccc(C#N)c(C(F)(F)F)c1S. The molecule has 80 valence electrons. The zero-order valence-corrected chi connectivity index (χ0v) is 8.49. The van der Waals surface area contributed by atoms with Gasteiger partial charge < -0.3 is 4.74 Å². The first kappa shape index (κ1) is 11.7. The third-order valence-corrected chi connectivity index (χ3v) is 2.21. The van der Waals surface area contributed by atoms with E-state index in [0.717, 1.165) is 6.07 Å². The number of nitrogens with zero attached hydrogens (tertiary/aromatic N) is 1. The van der Waals surface area contributed by atoms with Crippen molar-refractivity contribution in [2.45, 2.75) is 11.1 Å². The van der Waals surface area contributed by atoms with Crippen LogP contribution in [0.3, 0.4) is 0 Å². The van der Waals surface area contributed by atoms with Gasteiger partial charge in [-0.1, -0.05) is 0 Å². The molecule has 1 aromatic carbocycles. The molecule has 0 aliphatic carbocycles. The molecule has 0 saturated heterocycles. The standard InChI is InChI=1S/C9H6F3NOS/c1-14-6-3-2-5(4-13)7(8(6)15)9(10,11)12/h2-3,15H,1H3. The lowest BCUT2D eigenvalue weighted by Gasteiger charge is -2.13. The van der Waals surface area contributed by atoms with Gasteiger partial charge in [-0.2, -0.15) is 18.4 Å². The van der Waals surface area contributed by atoms with Gasteiger partial charge >= 0.3 is 6.18 Å². The van der Waals surface area contributed by atoms with Crippen LogP contribution < -0.4 is 4.74 Å². The molecule has 0 N–H and O–H groups in total. The molecule has 0 unspecified atom stereocenters. The monoisotopic (exact) mass is 233 g/mol. The third kappa shape index (κ3) is 2.18. The highest BCUT2D eigenvalue weighted by Gasteiger charge is 2.37. The zero-order valence-electron chi connectivity index (χ0n) is 7.59. The van der Waals surface area contributed by atoms with Crippen molar-refractivity contribution >= 4 is 12.6 Å². The molecular formula is C9H6F3NOS. The number of rotatable bonds is 1. The Morgan fingerprint density at radius 1 is 1.40 bits per heavy atom. The Morgan fingerprint density at radius 3 is 2.40 bits per heavy atom. The molecule has 0 atom stereocenters. The van der Waals surface area contributed by atoms with Crippen molar-refractivity contribution in [3.63, 3.8) is 0 Å². The highest BCUT2D eigenvalue weighted by Crippen LogP contribution is 2.40. The molecule has 2 nitrogen and oxygen atoms in total. The first-order valence-electron chi connectivity index (χ1n) is 3.79. The molecule has 0 heterocycles. The second kappa shape index (κ2) is 4.03. The Morgan fingerprint density at radius 2 is 2.00 bits per heavy atom. The van der Waals surface area contributed by atoms with Crippen molar-refractivity contribution in [1.82, 2.24) is 0 Å². The summed E-state index contributed by atoms with van der Waals surface area (Å²) in [6.07, 6.45) is -4.61. The number of ether oxygens (including phenoxy) is 1. The van der Waals surface area contributed by atoms with E-state index < -0.39 is 17.3 Å².